The second kappa shape index (κ2) is 6.90. The van der Waals surface area contributed by atoms with Crippen molar-refractivity contribution >= 4 is 44.5 Å². The minimum Gasteiger partial charge on any atom is -0.380 e. The molecule has 1 heterocycles. The van der Waals surface area contributed by atoms with Crippen molar-refractivity contribution in [2.45, 2.75) is 20.4 Å². The summed E-state index contributed by atoms with van der Waals surface area (Å²) in [7, 11) is 0. The number of anilines is 2. The van der Waals surface area contributed by atoms with Gasteiger partial charge in [-0.1, -0.05) is 13.8 Å². The molecule has 2 aromatic rings. The molecule has 0 saturated heterocycles. The van der Waals surface area contributed by atoms with E-state index >= 15 is 0 Å². The van der Waals surface area contributed by atoms with E-state index in [1.807, 2.05) is 38.1 Å². The fourth-order valence-corrected chi connectivity index (χ4v) is 2.98. The van der Waals surface area contributed by atoms with E-state index in [1.165, 1.54) is 4.88 Å². The van der Waals surface area contributed by atoms with E-state index < -0.39 is 0 Å². The van der Waals surface area contributed by atoms with Crippen LogP contribution in [0, 0.1) is 5.92 Å². The van der Waals surface area contributed by atoms with E-state index in [9.17, 15) is 4.79 Å². The minimum absolute atomic E-state index is 0.00919. The normalized spacial score (nSPS) is 10.6. The molecule has 1 aromatic carbocycles. The minimum atomic E-state index is -0.00919. The number of hydrogen-bond acceptors (Lipinski definition) is 3. The van der Waals surface area contributed by atoms with Crippen LogP contribution in [0.1, 0.15) is 18.7 Å². The molecule has 0 atom stereocenters. The van der Waals surface area contributed by atoms with E-state index in [2.05, 4.69) is 38.0 Å². The molecule has 106 valence electrons. The Morgan fingerprint density at radius 3 is 2.45 bits per heavy atom. The van der Waals surface area contributed by atoms with Gasteiger partial charge in [0, 0.05) is 38.6 Å². The van der Waals surface area contributed by atoms with Crippen LogP contribution in [-0.2, 0) is 11.3 Å². The van der Waals surface area contributed by atoms with Crippen molar-refractivity contribution in [3.8, 4) is 0 Å². The Bertz CT molecular complexity index is 578. The second-order valence-electron chi connectivity index (χ2n) is 4.81. The maximum atomic E-state index is 11.6. The van der Waals surface area contributed by atoms with Crippen molar-refractivity contribution < 1.29 is 4.79 Å². The highest BCUT2D eigenvalue weighted by Crippen LogP contribution is 2.21. The molecule has 0 unspecified atom stereocenters. The molecule has 0 saturated carbocycles. The Labute approximate surface area is 131 Å². The summed E-state index contributed by atoms with van der Waals surface area (Å²) < 4.78 is 1.12. The van der Waals surface area contributed by atoms with Crippen LogP contribution in [0.25, 0.3) is 0 Å². The average molecular weight is 353 g/mol. The van der Waals surface area contributed by atoms with Crippen LogP contribution in [0.15, 0.2) is 40.2 Å². The summed E-state index contributed by atoms with van der Waals surface area (Å²) in [4.78, 5) is 12.9. The monoisotopic (exact) mass is 352 g/mol. The number of carbonyl (C=O) groups is 1. The fraction of sp³-hybridized carbons (Fsp3) is 0.267. The number of nitrogens with one attached hydrogen (secondary N) is 2. The number of thiophene rings is 1. The molecular weight excluding hydrogens is 336 g/mol. The largest absolute Gasteiger partial charge is 0.380 e. The van der Waals surface area contributed by atoms with Gasteiger partial charge in [0.05, 0.1) is 0 Å². The summed E-state index contributed by atoms with van der Waals surface area (Å²) in [6.45, 7) is 4.56. The van der Waals surface area contributed by atoms with Gasteiger partial charge in [0.1, 0.15) is 0 Å². The van der Waals surface area contributed by atoms with Gasteiger partial charge in [-0.25, -0.2) is 0 Å². The van der Waals surface area contributed by atoms with Crippen molar-refractivity contribution in [1.29, 1.82) is 0 Å². The van der Waals surface area contributed by atoms with E-state index in [4.69, 9.17) is 0 Å². The van der Waals surface area contributed by atoms with Gasteiger partial charge in [-0.15, -0.1) is 11.3 Å². The average Bonchev–Trinajstić information content (AvgIpc) is 2.83. The third-order valence-corrected chi connectivity index (χ3v) is 4.46. The van der Waals surface area contributed by atoms with Gasteiger partial charge in [-0.3, -0.25) is 4.79 Å². The summed E-state index contributed by atoms with van der Waals surface area (Å²) >= 11 is 5.16. The molecule has 2 N–H and O–H groups in total. The number of carbonyl (C=O) groups excluding carboxylic acids is 1. The molecule has 2 rings (SSSR count). The summed E-state index contributed by atoms with van der Waals surface area (Å²) in [5.74, 6) is 0.0271. The zero-order chi connectivity index (χ0) is 14.5. The van der Waals surface area contributed by atoms with Crippen LogP contribution in [-0.4, -0.2) is 5.91 Å². The lowest BCUT2D eigenvalue weighted by Crippen LogP contribution is -2.17. The van der Waals surface area contributed by atoms with E-state index in [0.717, 1.165) is 22.4 Å². The maximum Gasteiger partial charge on any atom is 0.226 e. The van der Waals surface area contributed by atoms with Crippen molar-refractivity contribution in [2.24, 2.45) is 5.92 Å². The molecule has 20 heavy (non-hydrogen) atoms. The number of benzene rings is 1. The number of rotatable bonds is 5. The van der Waals surface area contributed by atoms with Gasteiger partial charge in [-0.2, -0.15) is 0 Å². The van der Waals surface area contributed by atoms with Crippen LogP contribution in [0.4, 0.5) is 11.4 Å². The molecule has 5 heteroatoms. The first-order valence-corrected chi connectivity index (χ1v) is 8.09. The summed E-state index contributed by atoms with van der Waals surface area (Å²) in [6.07, 6.45) is 0. The van der Waals surface area contributed by atoms with E-state index in [1.54, 1.807) is 11.3 Å². The first-order chi connectivity index (χ1) is 9.54. The lowest BCUT2D eigenvalue weighted by molar-refractivity contribution is -0.118. The Balaban J connectivity index is 1.89. The fourth-order valence-electron chi connectivity index (χ4n) is 1.59. The molecule has 1 amide bonds. The lowest BCUT2D eigenvalue weighted by atomic mass is 10.2. The Kier molecular flexibility index (Phi) is 5.20. The van der Waals surface area contributed by atoms with Gasteiger partial charge in [-0.05, 0) is 46.3 Å². The van der Waals surface area contributed by atoms with Crippen LogP contribution < -0.4 is 10.6 Å². The van der Waals surface area contributed by atoms with Crippen LogP contribution in [0.3, 0.4) is 0 Å². The van der Waals surface area contributed by atoms with Crippen LogP contribution in [0.5, 0.6) is 0 Å². The zero-order valence-corrected chi connectivity index (χ0v) is 13.8. The molecule has 0 aliphatic carbocycles. The van der Waals surface area contributed by atoms with E-state index in [0.29, 0.717) is 0 Å². The highest BCUT2D eigenvalue weighted by molar-refractivity contribution is 9.10. The number of hydrogen-bond donors (Lipinski definition) is 2. The van der Waals surface area contributed by atoms with E-state index in [-0.39, 0.29) is 11.8 Å². The third kappa shape index (κ3) is 4.35. The molecule has 0 bridgehead atoms. The van der Waals surface area contributed by atoms with Crippen molar-refractivity contribution in [3.05, 3.63) is 45.1 Å². The number of amides is 1. The second-order valence-corrected chi connectivity index (χ2v) is 6.72. The molecule has 1 aromatic heterocycles. The SMILES string of the molecule is CC(C)C(=O)Nc1ccc(NCc2cc(Br)cs2)cc1. The van der Waals surface area contributed by atoms with Crippen molar-refractivity contribution in [3.63, 3.8) is 0 Å². The lowest BCUT2D eigenvalue weighted by Gasteiger charge is -2.09. The third-order valence-electron chi connectivity index (χ3n) is 2.77. The smallest absolute Gasteiger partial charge is 0.226 e. The summed E-state index contributed by atoms with van der Waals surface area (Å²) in [6, 6.07) is 9.87. The zero-order valence-electron chi connectivity index (χ0n) is 11.4. The predicted octanol–water partition coefficient (Wildman–Crippen LogP) is 4.72. The van der Waals surface area contributed by atoms with Crippen LogP contribution >= 0.6 is 27.3 Å². The van der Waals surface area contributed by atoms with Gasteiger partial charge >= 0.3 is 0 Å². The van der Waals surface area contributed by atoms with Gasteiger partial charge in [0.2, 0.25) is 5.91 Å². The Morgan fingerprint density at radius 2 is 1.90 bits per heavy atom. The van der Waals surface area contributed by atoms with Gasteiger partial charge < -0.3 is 10.6 Å². The quantitative estimate of drug-likeness (QED) is 0.817. The summed E-state index contributed by atoms with van der Waals surface area (Å²) in [5.41, 5.74) is 1.87. The predicted molar refractivity (Wildman–Crippen MR) is 89.3 cm³/mol. The van der Waals surface area contributed by atoms with Crippen molar-refractivity contribution in [1.82, 2.24) is 0 Å². The maximum absolute atomic E-state index is 11.6. The molecular formula is C15H17BrN2OS. The molecule has 0 spiro atoms. The molecule has 0 radical (unpaired) electrons. The highest BCUT2D eigenvalue weighted by Gasteiger charge is 2.06. The molecule has 0 fully saturated rings. The Hall–Kier alpha value is -1.33. The van der Waals surface area contributed by atoms with Gasteiger partial charge in [0.25, 0.3) is 0 Å². The topological polar surface area (TPSA) is 41.1 Å². The Morgan fingerprint density at radius 1 is 1.25 bits per heavy atom. The first kappa shape index (κ1) is 15.1. The standard InChI is InChI=1S/C15H17BrN2OS/c1-10(2)15(19)18-13-5-3-12(4-6-13)17-8-14-7-11(16)9-20-14/h3-7,9-10,17H,8H2,1-2H3,(H,18,19). The molecule has 3 nitrogen and oxygen atoms in total. The highest BCUT2D eigenvalue weighted by atomic mass is 79.9. The number of halogens is 1. The van der Waals surface area contributed by atoms with Crippen LogP contribution in [0.2, 0.25) is 0 Å². The summed E-state index contributed by atoms with van der Waals surface area (Å²) in [5, 5.41) is 8.30. The van der Waals surface area contributed by atoms with Gasteiger partial charge in [0.15, 0.2) is 0 Å². The molecule has 0 aliphatic heterocycles. The first-order valence-electron chi connectivity index (χ1n) is 6.42. The molecule has 0 aliphatic rings. The van der Waals surface area contributed by atoms with Crippen molar-refractivity contribution in [2.75, 3.05) is 10.6 Å².